The summed E-state index contributed by atoms with van der Waals surface area (Å²) in [6, 6.07) is 9.80. The molecular formula is C17H17N3O2. The van der Waals surface area contributed by atoms with Gasteiger partial charge in [0, 0.05) is 35.5 Å². The number of hydrazone groups is 1. The van der Waals surface area contributed by atoms with Crippen molar-refractivity contribution in [2.75, 3.05) is 0 Å². The van der Waals surface area contributed by atoms with Crippen molar-refractivity contribution in [3.63, 3.8) is 0 Å². The average molecular weight is 295 g/mol. The Kier molecular flexibility index (Phi) is 3.63. The summed E-state index contributed by atoms with van der Waals surface area (Å²) in [5, 5.41) is 4.16. The minimum atomic E-state index is -0.0442. The van der Waals surface area contributed by atoms with Crippen molar-refractivity contribution in [2.45, 2.75) is 20.3 Å². The first-order chi connectivity index (χ1) is 10.6. The van der Waals surface area contributed by atoms with Crippen molar-refractivity contribution in [3.8, 4) is 5.69 Å². The highest BCUT2D eigenvalue weighted by Gasteiger charge is 2.21. The number of amides is 1. The third-order valence-corrected chi connectivity index (χ3v) is 3.87. The van der Waals surface area contributed by atoms with Gasteiger partial charge in [0.25, 0.3) is 0 Å². The van der Waals surface area contributed by atoms with Crippen molar-refractivity contribution >= 4 is 17.9 Å². The molecule has 1 atom stereocenters. The van der Waals surface area contributed by atoms with Crippen molar-refractivity contribution in [1.82, 2.24) is 9.99 Å². The molecule has 1 N–H and O–H groups in total. The van der Waals surface area contributed by atoms with Gasteiger partial charge in [0.1, 0.15) is 0 Å². The van der Waals surface area contributed by atoms with E-state index in [0.717, 1.165) is 28.9 Å². The summed E-state index contributed by atoms with van der Waals surface area (Å²) < 4.78 is 1.97. The van der Waals surface area contributed by atoms with E-state index in [1.165, 1.54) is 0 Å². The Bertz CT molecular complexity index is 757. The minimum absolute atomic E-state index is 0.0442. The molecule has 2 heterocycles. The predicted octanol–water partition coefficient (Wildman–Crippen LogP) is 2.46. The normalized spacial score (nSPS) is 17.8. The molecule has 0 saturated carbocycles. The van der Waals surface area contributed by atoms with Gasteiger partial charge in [-0.3, -0.25) is 9.59 Å². The van der Waals surface area contributed by atoms with E-state index in [9.17, 15) is 9.59 Å². The maximum absolute atomic E-state index is 11.3. The van der Waals surface area contributed by atoms with Gasteiger partial charge in [0.2, 0.25) is 5.91 Å². The predicted molar refractivity (Wildman–Crippen MR) is 84.4 cm³/mol. The van der Waals surface area contributed by atoms with Gasteiger partial charge in [-0.1, -0.05) is 19.1 Å². The summed E-state index contributed by atoms with van der Waals surface area (Å²) in [6.45, 7) is 3.96. The molecule has 0 radical (unpaired) electrons. The second-order valence-electron chi connectivity index (χ2n) is 5.59. The molecule has 5 heteroatoms. The van der Waals surface area contributed by atoms with E-state index in [2.05, 4.69) is 10.5 Å². The Balaban J connectivity index is 1.91. The topological polar surface area (TPSA) is 63.5 Å². The second kappa shape index (κ2) is 5.60. The van der Waals surface area contributed by atoms with Crippen LogP contribution in [-0.4, -0.2) is 22.5 Å². The van der Waals surface area contributed by atoms with Crippen LogP contribution in [0, 0.1) is 12.8 Å². The fourth-order valence-corrected chi connectivity index (χ4v) is 2.74. The molecule has 1 unspecified atom stereocenters. The van der Waals surface area contributed by atoms with E-state index in [1.807, 2.05) is 54.9 Å². The maximum atomic E-state index is 11.3. The summed E-state index contributed by atoms with van der Waals surface area (Å²) in [5.41, 5.74) is 7.08. The van der Waals surface area contributed by atoms with Gasteiger partial charge >= 0.3 is 0 Å². The molecule has 22 heavy (non-hydrogen) atoms. The zero-order valence-corrected chi connectivity index (χ0v) is 12.5. The molecule has 1 aliphatic heterocycles. The average Bonchev–Trinajstić information content (AvgIpc) is 2.89. The van der Waals surface area contributed by atoms with Crippen molar-refractivity contribution in [3.05, 3.63) is 53.3 Å². The van der Waals surface area contributed by atoms with Gasteiger partial charge in [-0.25, -0.2) is 5.43 Å². The Morgan fingerprint density at radius 3 is 2.64 bits per heavy atom. The van der Waals surface area contributed by atoms with Gasteiger partial charge in [0.15, 0.2) is 6.29 Å². The molecule has 112 valence electrons. The lowest BCUT2D eigenvalue weighted by Crippen LogP contribution is -2.31. The van der Waals surface area contributed by atoms with Crippen molar-refractivity contribution < 1.29 is 9.59 Å². The molecule has 0 bridgehead atoms. The largest absolute Gasteiger partial charge is 0.320 e. The first-order valence-corrected chi connectivity index (χ1v) is 7.20. The highest BCUT2D eigenvalue weighted by atomic mass is 16.2. The molecule has 0 spiro atoms. The SMILES string of the molecule is Cc1cc(C=O)cn1-c1ccc(C2=NNC(=O)CC2C)cc1. The van der Waals surface area contributed by atoms with Crippen LogP contribution in [0.25, 0.3) is 5.69 Å². The molecule has 1 amide bonds. The van der Waals surface area contributed by atoms with E-state index < -0.39 is 0 Å². The molecule has 3 rings (SSSR count). The number of aryl methyl sites for hydroxylation is 1. The van der Waals surface area contributed by atoms with E-state index in [0.29, 0.717) is 12.0 Å². The zero-order chi connectivity index (χ0) is 15.7. The summed E-state index contributed by atoms with van der Waals surface area (Å²) >= 11 is 0. The van der Waals surface area contributed by atoms with Gasteiger partial charge in [-0.15, -0.1) is 0 Å². The lowest BCUT2D eigenvalue weighted by atomic mass is 9.94. The minimum Gasteiger partial charge on any atom is -0.320 e. The third kappa shape index (κ3) is 2.57. The number of aromatic nitrogens is 1. The maximum Gasteiger partial charge on any atom is 0.240 e. The number of aldehydes is 1. The first kappa shape index (κ1) is 14.3. The van der Waals surface area contributed by atoms with Crippen LogP contribution < -0.4 is 5.43 Å². The molecule has 0 fully saturated rings. The number of carbonyl (C=O) groups excluding carboxylic acids is 2. The van der Waals surface area contributed by atoms with Gasteiger partial charge in [0.05, 0.1) is 5.71 Å². The Morgan fingerprint density at radius 1 is 1.32 bits per heavy atom. The fourth-order valence-electron chi connectivity index (χ4n) is 2.74. The number of nitrogens with zero attached hydrogens (tertiary/aromatic N) is 2. The molecule has 1 aliphatic rings. The smallest absolute Gasteiger partial charge is 0.240 e. The van der Waals surface area contributed by atoms with Gasteiger partial charge in [-0.05, 0) is 30.7 Å². The second-order valence-corrected chi connectivity index (χ2v) is 5.59. The number of hydrogen-bond donors (Lipinski definition) is 1. The highest BCUT2D eigenvalue weighted by Crippen LogP contribution is 2.19. The Labute approximate surface area is 128 Å². The number of carbonyl (C=O) groups is 2. The van der Waals surface area contributed by atoms with E-state index in [-0.39, 0.29) is 11.8 Å². The van der Waals surface area contributed by atoms with E-state index in [4.69, 9.17) is 0 Å². The molecule has 5 nitrogen and oxygen atoms in total. The van der Waals surface area contributed by atoms with Gasteiger partial charge in [-0.2, -0.15) is 5.10 Å². The molecule has 2 aromatic rings. The molecule has 0 saturated heterocycles. The van der Waals surface area contributed by atoms with Crippen LogP contribution in [0.4, 0.5) is 0 Å². The lowest BCUT2D eigenvalue weighted by molar-refractivity contribution is -0.121. The highest BCUT2D eigenvalue weighted by molar-refractivity contribution is 6.05. The number of benzene rings is 1. The fraction of sp³-hybridized carbons (Fsp3) is 0.235. The van der Waals surface area contributed by atoms with Crippen LogP contribution in [0.5, 0.6) is 0 Å². The number of hydrogen-bond acceptors (Lipinski definition) is 3. The Morgan fingerprint density at radius 2 is 2.05 bits per heavy atom. The summed E-state index contributed by atoms with van der Waals surface area (Å²) in [4.78, 5) is 22.2. The quantitative estimate of drug-likeness (QED) is 0.884. The van der Waals surface area contributed by atoms with Gasteiger partial charge < -0.3 is 4.57 Å². The molecule has 1 aromatic carbocycles. The molecular weight excluding hydrogens is 278 g/mol. The molecule has 0 aliphatic carbocycles. The van der Waals surface area contributed by atoms with E-state index in [1.54, 1.807) is 0 Å². The summed E-state index contributed by atoms with van der Waals surface area (Å²) in [7, 11) is 0. The lowest BCUT2D eigenvalue weighted by Gasteiger charge is -2.19. The zero-order valence-electron chi connectivity index (χ0n) is 12.5. The monoisotopic (exact) mass is 295 g/mol. The summed E-state index contributed by atoms with van der Waals surface area (Å²) in [6.07, 6.45) is 3.12. The Hall–Kier alpha value is -2.69. The standard InChI is InChI=1S/C17H17N3O2/c1-11-7-16(22)18-19-17(11)14-3-5-15(6-4-14)20-9-13(10-21)8-12(20)2/h3-6,8-11H,7H2,1-2H3,(H,18,22). The third-order valence-electron chi connectivity index (χ3n) is 3.87. The number of nitrogens with one attached hydrogen (secondary N) is 1. The van der Waals surface area contributed by atoms with Crippen LogP contribution in [0.3, 0.4) is 0 Å². The first-order valence-electron chi connectivity index (χ1n) is 7.20. The van der Waals surface area contributed by atoms with E-state index >= 15 is 0 Å². The number of rotatable bonds is 3. The van der Waals surface area contributed by atoms with Crippen molar-refractivity contribution in [1.29, 1.82) is 0 Å². The van der Waals surface area contributed by atoms with Crippen LogP contribution in [0.2, 0.25) is 0 Å². The van der Waals surface area contributed by atoms with Crippen LogP contribution in [0.1, 0.15) is 35.0 Å². The molecule has 1 aromatic heterocycles. The van der Waals surface area contributed by atoms with Crippen molar-refractivity contribution in [2.24, 2.45) is 11.0 Å². The van der Waals surface area contributed by atoms with Crippen LogP contribution in [-0.2, 0) is 4.79 Å². The summed E-state index contributed by atoms with van der Waals surface area (Å²) in [5.74, 6) is 0.0619. The van der Waals surface area contributed by atoms with Crippen LogP contribution >= 0.6 is 0 Å². The van der Waals surface area contributed by atoms with Crippen LogP contribution in [0.15, 0.2) is 41.6 Å².